The summed E-state index contributed by atoms with van der Waals surface area (Å²) < 4.78 is 39.0. The van der Waals surface area contributed by atoms with Crippen LogP contribution in [0.2, 0.25) is 0 Å². The van der Waals surface area contributed by atoms with Crippen molar-refractivity contribution in [1.82, 2.24) is 0 Å². The first-order valence-electron chi connectivity index (χ1n) is 9.01. The van der Waals surface area contributed by atoms with Crippen molar-refractivity contribution in [3.63, 3.8) is 0 Å². The van der Waals surface area contributed by atoms with Crippen LogP contribution in [0.15, 0.2) is 89.9 Å². The highest BCUT2D eigenvalue weighted by molar-refractivity contribution is 6.13. The fourth-order valence-electron chi connectivity index (χ4n) is 2.73. The van der Waals surface area contributed by atoms with Crippen LogP contribution in [-0.4, -0.2) is 11.6 Å². The van der Waals surface area contributed by atoms with Gasteiger partial charge in [-0.15, -0.1) is 0 Å². The van der Waals surface area contributed by atoms with Gasteiger partial charge in [-0.1, -0.05) is 66.7 Å². The van der Waals surface area contributed by atoms with Gasteiger partial charge in [0.2, 0.25) is 0 Å². The molecule has 0 atom stereocenters. The normalized spacial score (nSPS) is 11.9. The van der Waals surface area contributed by atoms with Gasteiger partial charge in [-0.25, -0.2) is 0 Å². The van der Waals surface area contributed by atoms with Gasteiger partial charge in [-0.05, 0) is 23.8 Å². The fraction of sp³-hybridized carbons (Fsp3) is 0.130. The van der Waals surface area contributed by atoms with E-state index in [9.17, 15) is 18.0 Å². The number of hydrogen-bond acceptors (Lipinski definition) is 2. The van der Waals surface area contributed by atoms with Gasteiger partial charge in [0.1, 0.15) is 5.84 Å². The van der Waals surface area contributed by atoms with E-state index in [0.717, 1.165) is 17.7 Å². The molecule has 0 saturated heterocycles. The molecule has 0 saturated carbocycles. The zero-order valence-corrected chi connectivity index (χ0v) is 15.5. The molecule has 0 fully saturated rings. The van der Waals surface area contributed by atoms with E-state index in [-0.39, 0.29) is 17.9 Å². The minimum absolute atomic E-state index is 0.0485. The summed E-state index contributed by atoms with van der Waals surface area (Å²) in [7, 11) is 0. The molecule has 0 spiro atoms. The van der Waals surface area contributed by atoms with E-state index in [4.69, 9.17) is 0 Å². The second kappa shape index (κ2) is 9.19. The topological polar surface area (TPSA) is 41.5 Å². The molecule has 3 rings (SSSR count). The lowest BCUT2D eigenvalue weighted by molar-refractivity contribution is -0.137. The first-order valence-corrected chi connectivity index (χ1v) is 9.01. The maximum absolute atomic E-state index is 13.0. The Hall–Kier alpha value is -3.41. The molecule has 6 heteroatoms. The number of rotatable bonds is 6. The Labute approximate surface area is 166 Å². The Morgan fingerprint density at radius 3 is 2.17 bits per heavy atom. The number of ketones is 1. The summed E-state index contributed by atoms with van der Waals surface area (Å²) in [5.41, 5.74) is 0.917. The molecule has 0 radical (unpaired) electrons. The van der Waals surface area contributed by atoms with Crippen molar-refractivity contribution in [3.05, 3.63) is 102 Å². The van der Waals surface area contributed by atoms with Crippen molar-refractivity contribution in [2.24, 2.45) is 4.99 Å². The fourth-order valence-corrected chi connectivity index (χ4v) is 2.73. The molecular weight excluding hydrogens is 377 g/mol. The predicted molar refractivity (Wildman–Crippen MR) is 108 cm³/mol. The van der Waals surface area contributed by atoms with Crippen LogP contribution in [0.25, 0.3) is 0 Å². The van der Waals surface area contributed by atoms with Gasteiger partial charge in [-0.2, -0.15) is 13.2 Å². The quantitative estimate of drug-likeness (QED) is 0.316. The number of amidine groups is 1. The van der Waals surface area contributed by atoms with Crippen LogP contribution in [0.3, 0.4) is 0 Å². The maximum atomic E-state index is 13.0. The van der Waals surface area contributed by atoms with Crippen molar-refractivity contribution in [3.8, 4) is 0 Å². The number of hydrogen-bond donors (Lipinski definition) is 1. The van der Waals surface area contributed by atoms with E-state index >= 15 is 0 Å². The summed E-state index contributed by atoms with van der Waals surface area (Å²) >= 11 is 0. The third-order valence-electron chi connectivity index (χ3n) is 4.20. The van der Waals surface area contributed by atoms with Crippen LogP contribution >= 0.6 is 0 Å². The molecule has 148 valence electrons. The average molecular weight is 396 g/mol. The highest BCUT2D eigenvalue weighted by atomic mass is 19.4. The average Bonchev–Trinajstić information content (AvgIpc) is 2.73. The first-order chi connectivity index (χ1) is 13.9. The van der Waals surface area contributed by atoms with Gasteiger partial charge in [0.15, 0.2) is 5.78 Å². The molecule has 0 aliphatic heterocycles. The standard InChI is InChI=1S/C23H19F3N2O/c24-23(25,26)19-12-7-13-20(14-19)28-22(27-16-17-8-3-1-4-9-17)15-21(29)18-10-5-2-6-11-18/h1-14H,15-16H2,(H,27,28). The number of nitrogens with one attached hydrogen (secondary N) is 1. The lowest BCUT2D eigenvalue weighted by atomic mass is 10.1. The van der Waals surface area contributed by atoms with Gasteiger partial charge in [-0.3, -0.25) is 9.79 Å². The van der Waals surface area contributed by atoms with E-state index < -0.39 is 11.7 Å². The SMILES string of the molecule is O=C(CC(=NCc1ccccc1)Nc1cccc(C(F)(F)F)c1)c1ccccc1. The number of aliphatic imine (C=N–C) groups is 1. The van der Waals surface area contributed by atoms with E-state index in [0.29, 0.717) is 17.9 Å². The number of Topliss-reactive ketones (excluding diaryl/α,β-unsaturated/α-hetero) is 1. The Bertz CT molecular complexity index is 984. The van der Waals surface area contributed by atoms with Crippen LogP contribution in [0, 0.1) is 0 Å². The van der Waals surface area contributed by atoms with Crippen LogP contribution in [0.1, 0.15) is 27.9 Å². The van der Waals surface area contributed by atoms with Crippen LogP contribution in [0.4, 0.5) is 18.9 Å². The molecule has 0 aromatic heterocycles. The molecule has 29 heavy (non-hydrogen) atoms. The number of benzene rings is 3. The maximum Gasteiger partial charge on any atom is 0.416 e. The summed E-state index contributed by atoms with van der Waals surface area (Å²) in [6.45, 7) is 0.310. The summed E-state index contributed by atoms with van der Waals surface area (Å²) in [5.74, 6) is 0.138. The van der Waals surface area contributed by atoms with Crippen LogP contribution in [0.5, 0.6) is 0 Å². The van der Waals surface area contributed by atoms with Gasteiger partial charge >= 0.3 is 6.18 Å². The number of carbonyl (C=O) groups is 1. The Balaban J connectivity index is 1.83. The van der Waals surface area contributed by atoms with Crippen molar-refractivity contribution < 1.29 is 18.0 Å². The zero-order chi connectivity index (χ0) is 20.7. The van der Waals surface area contributed by atoms with Crippen LogP contribution < -0.4 is 5.32 Å². The minimum Gasteiger partial charge on any atom is -0.344 e. The lowest BCUT2D eigenvalue weighted by Crippen LogP contribution is -2.18. The molecule has 0 amide bonds. The molecule has 3 aromatic carbocycles. The van der Waals surface area contributed by atoms with Gasteiger partial charge in [0.25, 0.3) is 0 Å². The number of anilines is 1. The monoisotopic (exact) mass is 396 g/mol. The second-order valence-corrected chi connectivity index (χ2v) is 6.42. The zero-order valence-electron chi connectivity index (χ0n) is 15.5. The summed E-state index contributed by atoms with van der Waals surface area (Å²) in [6, 6.07) is 23.0. The number of alkyl halides is 3. The number of carbonyl (C=O) groups excluding carboxylic acids is 1. The Kier molecular flexibility index (Phi) is 6.44. The van der Waals surface area contributed by atoms with E-state index in [1.807, 2.05) is 36.4 Å². The highest BCUT2D eigenvalue weighted by Crippen LogP contribution is 2.30. The summed E-state index contributed by atoms with van der Waals surface area (Å²) in [5, 5.41) is 2.89. The molecular formula is C23H19F3N2O. The van der Waals surface area contributed by atoms with E-state index in [2.05, 4.69) is 10.3 Å². The smallest absolute Gasteiger partial charge is 0.344 e. The van der Waals surface area contributed by atoms with E-state index in [1.54, 1.807) is 24.3 Å². The molecule has 3 nitrogen and oxygen atoms in total. The molecule has 0 heterocycles. The summed E-state index contributed by atoms with van der Waals surface area (Å²) in [6.07, 6.45) is -4.49. The lowest BCUT2D eigenvalue weighted by Gasteiger charge is -2.13. The van der Waals surface area contributed by atoms with Crippen molar-refractivity contribution in [2.45, 2.75) is 19.1 Å². The van der Waals surface area contributed by atoms with Crippen LogP contribution in [-0.2, 0) is 12.7 Å². The molecule has 0 aliphatic rings. The summed E-state index contributed by atoms with van der Waals surface area (Å²) in [4.78, 5) is 17.0. The van der Waals surface area contributed by atoms with Crippen molar-refractivity contribution >= 4 is 17.3 Å². The predicted octanol–water partition coefficient (Wildman–Crippen LogP) is 5.99. The molecule has 1 N–H and O–H groups in total. The molecule has 0 bridgehead atoms. The molecule has 3 aromatic rings. The van der Waals surface area contributed by atoms with Crippen molar-refractivity contribution in [2.75, 3.05) is 5.32 Å². The minimum atomic E-state index is -4.45. The van der Waals surface area contributed by atoms with Gasteiger partial charge < -0.3 is 5.32 Å². The van der Waals surface area contributed by atoms with E-state index in [1.165, 1.54) is 12.1 Å². The Morgan fingerprint density at radius 1 is 0.862 bits per heavy atom. The molecule has 0 unspecified atom stereocenters. The molecule has 0 aliphatic carbocycles. The third-order valence-corrected chi connectivity index (χ3v) is 4.20. The van der Waals surface area contributed by atoms with Crippen molar-refractivity contribution in [1.29, 1.82) is 0 Å². The van der Waals surface area contributed by atoms with Gasteiger partial charge in [0.05, 0.1) is 18.5 Å². The highest BCUT2D eigenvalue weighted by Gasteiger charge is 2.30. The number of nitrogens with zero attached hydrogens (tertiary/aromatic N) is 1. The van der Waals surface area contributed by atoms with Gasteiger partial charge in [0, 0.05) is 11.3 Å². The second-order valence-electron chi connectivity index (χ2n) is 6.42. The first kappa shape index (κ1) is 20.3. The Morgan fingerprint density at radius 2 is 1.52 bits per heavy atom. The number of halogens is 3. The largest absolute Gasteiger partial charge is 0.416 e. The third kappa shape index (κ3) is 6.04.